The smallest absolute Gasteiger partial charge is 0.328 e. The van der Waals surface area contributed by atoms with Crippen LogP contribution in [-0.4, -0.2) is 11.1 Å². The number of nitrogen functional groups attached to an aromatic ring is 1. The van der Waals surface area contributed by atoms with E-state index in [1.54, 1.807) is 6.07 Å². The molecule has 0 bridgehead atoms. The number of carbonyl (C=O) groups is 1. The van der Waals surface area contributed by atoms with E-state index in [1.807, 2.05) is 19.1 Å². The fourth-order valence-corrected chi connectivity index (χ4v) is 1.11. The zero-order valence-electron chi connectivity index (χ0n) is 7.32. The van der Waals surface area contributed by atoms with Gasteiger partial charge in [-0.1, -0.05) is 6.07 Å². The largest absolute Gasteiger partial charge is 0.478 e. The Hall–Kier alpha value is -1.77. The molecule has 0 amide bonds. The summed E-state index contributed by atoms with van der Waals surface area (Å²) in [5.74, 6) is -0.958. The molecule has 0 spiro atoms. The van der Waals surface area contributed by atoms with Crippen molar-refractivity contribution in [2.75, 3.05) is 5.73 Å². The maximum Gasteiger partial charge on any atom is 0.328 e. The van der Waals surface area contributed by atoms with Gasteiger partial charge in [0.25, 0.3) is 0 Å². The second kappa shape index (κ2) is 3.76. The predicted molar refractivity (Wildman–Crippen MR) is 52.3 cm³/mol. The summed E-state index contributed by atoms with van der Waals surface area (Å²) in [5, 5.41) is 8.40. The van der Waals surface area contributed by atoms with Gasteiger partial charge in [-0.3, -0.25) is 0 Å². The molecule has 0 aliphatic heterocycles. The van der Waals surface area contributed by atoms with Gasteiger partial charge < -0.3 is 10.8 Å². The predicted octanol–water partition coefficient (Wildman–Crippen LogP) is 1.68. The van der Waals surface area contributed by atoms with Gasteiger partial charge in [0, 0.05) is 11.8 Å². The van der Waals surface area contributed by atoms with Gasteiger partial charge in [0.2, 0.25) is 0 Å². The van der Waals surface area contributed by atoms with Gasteiger partial charge in [-0.05, 0) is 36.3 Å². The van der Waals surface area contributed by atoms with Crippen molar-refractivity contribution in [3.8, 4) is 0 Å². The van der Waals surface area contributed by atoms with Gasteiger partial charge in [-0.25, -0.2) is 4.79 Å². The molecule has 0 saturated heterocycles. The summed E-state index contributed by atoms with van der Waals surface area (Å²) in [6, 6.07) is 5.43. The van der Waals surface area contributed by atoms with Crippen LogP contribution in [0.25, 0.3) is 6.08 Å². The number of hydrogen-bond acceptors (Lipinski definition) is 2. The Morgan fingerprint density at radius 1 is 1.46 bits per heavy atom. The molecular weight excluding hydrogens is 166 g/mol. The Kier molecular flexibility index (Phi) is 2.69. The molecule has 0 aliphatic carbocycles. The van der Waals surface area contributed by atoms with Crippen molar-refractivity contribution in [2.24, 2.45) is 0 Å². The first kappa shape index (κ1) is 9.32. The Morgan fingerprint density at radius 2 is 2.15 bits per heavy atom. The summed E-state index contributed by atoms with van der Waals surface area (Å²) in [6.45, 7) is 1.91. The average molecular weight is 177 g/mol. The van der Waals surface area contributed by atoms with Crippen LogP contribution in [0.15, 0.2) is 24.3 Å². The van der Waals surface area contributed by atoms with Gasteiger partial charge in [0.1, 0.15) is 0 Å². The Balaban J connectivity index is 2.95. The molecule has 0 heterocycles. The van der Waals surface area contributed by atoms with E-state index < -0.39 is 5.97 Å². The summed E-state index contributed by atoms with van der Waals surface area (Å²) in [6.07, 6.45) is 2.61. The van der Waals surface area contributed by atoms with Crippen LogP contribution in [0.3, 0.4) is 0 Å². The molecule has 0 fully saturated rings. The van der Waals surface area contributed by atoms with Crippen molar-refractivity contribution >= 4 is 17.7 Å². The van der Waals surface area contributed by atoms with E-state index in [2.05, 4.69) is 0 Å². The highest BCUT2D eigenvalue weighted by molar-refractivity contribution is 5.85. The van der Waals surface area contributed by atoms with Gasteiger partial charge in [-0.2, -0.15) is 0 Å². The van der Waals surface area contributed by atoms with E-state index in [0.29, 0.717) is 5.69 Å². The average Bonchev–Trinajstić information content (AvgIpc) is 1.99. The van der Waals surface area contributed by atoms with E-state index >= 15 is 0 Å². The monoisotopic (exact) mass is 177 g/mol. The number of carboxylic acid groups (broad SMARTS) is 1. The first-order chi connectivity index (χ1) is 6.08. The second-order valence-corrected chi connectivity index (χ2v) is 2.85. The van der Waals surface area contributed by atoms with Crippen LogP contribution in [-0.2, 0) is 4.79 Å². The highest BCUT2D eigenvalue weighted by Crippen LogP contribution is 2.12. The molecule has 0 atom stereocenters. The topological polar surface area (TPSA) is 63.3 Å². The van der Waals surface area contributed by atoms with Crippen molar-refractivity contribution in [3.63, 3.8) is 0 Å². The molecule has 0 radical (unpaired) electrons. The number of hydrogen-bond donors (Lipinski definition) is 2. The molecule has 0 unspecified atom stereocenters. The molecule has 13 heavy (non-hydrogen) atoms. The van der Waals surface area contributed by atoms with Crippen LogP contribution in [0.5, 0.6) is 0 Å². The van der Waals surface area contributed by atoms with E-state index in [9.17, 15) is 4.79 Å². The quantitative estimate of drug-likeness (QED) is 0.533. The van der Waals surface area contributed by atoms with Crippen molar-refractivity contribution in [3.05, 3.63) is 35.4 Å². The lowest BCUT2D eigenvalue weighted by Crippen LogP contribution is -1.89. The zero-order valence-corrected chi connectivity index (χ0v) is 7.32. The fraction of sp³-hybridized carbons (Fsp3) is 0.100. The minimum atomic E-state index is -0.958. The fourth-order valence-electron chi connectivity index (χ4n) is 1.11. The molecule has 1 aromatic rings. The van der Waals surface area contributed by atoms with Crippen molar-refractivity contribution in [1.29, 1.82) is 0 Å². The van der Waals surface area contributed by atoms with Gasteiger partial charge >= 0.3 is 5.97 Å². The van der Waals surface area contributed by atoms with Crippen LogP contribution >= 0.6 is 0 Å². The lowest BCUT2D eigenvalue weighted by Gasteiger charge is -1.98. The molecular formula is C10H11NO2. The van der Waals surface area contributed by atoms with Crippen LogP contribution in [0, 0.1) is 6.92 Å². The van der Waals surface area contributed by atoms with E-state index in [-0.39, 0.29) is 0 Å². The molecule has 3 heteroatoms. The first-order valence-electron chi connectivity index (χ1n) is 3.86. The van der Waals surface area contributed by atoms with Gasteiger partial charge in [0.15, 0.2) is 0 Å². The molecule has 0 aromatic heterocycles. The maximum atomic E-state index is 10.2. The molecule has 0 aliphatic rings. The van der Waals surface area contributed by atoms with Crippen LogP contribution in [0.2, 0.25) is 0 Å². The van der Waals surface area contributed by atoms with Crippen molar-refractivity contribution < 1.29 is 9.90 Å². The second-order valence-electron chi connectivity index (χ2n) is 2.85. The Morgan fingerprint density at radius 3 is 2.69 bits per heavy atom. The molecule has 0 saturated carbocycles. The summed E-state index contributed by atoms with van der Waals surface area (Å²) in [7, 11) is 0. The highest BCUT2D eigenvalue weighted by Gasteiger charge is 1.93. The van der Waals surface area contributed by atoms with Crippen LogP contribution < -0.4 is 5.73 Å². The van der Waals surface area contributed by atoms with Gasteiger partial charge in [0.05, 0.1) is 0 Å². The third-order valence-corrected chi connectivity index (χ3v) is 1.54. The van der Waals surface area contributed by atoms with Crippen molar-refractivity contribution in [2.45, 2.75) is 6.92 Å². The summed E-state index contributed by atoms with van der Waals surface area (Å²) in [5.41, 5.74) is 8.05. The van der Waals surface area contributed by atoms with E-state index in [0.717, 1.165) is 17.2 Å². The Bertz CT molecular complexity index is 336. The van der Waals surface area contributed by atoms with Crippen LogP contribution in [0.4, 0.5) is 5.69 Å². The van der Waals surface area contributed by atoms with E-state index in [1.165, 1.54) is 6.08 Å². The molecule has 1 aromatic carbocycles. The van der Waals surface area contributed by atoms with Crippen molar-refractivity contribution in [1.82, 2.24) is 0 Å². The summed E-state index contributed by atoms with van der Waals surface area (Å²) >= 11 is 0. The SMILES string of the molecule is Cc1cc(N)cc(C=CC(=O)O)c1. The standard InChI is InChI=1S/C10H11NO2/c1-7-4-8(2-3-10(12)13)6-9(11)5-7/h2-6H,11H2,1H3,(H,12,13). The number of nitrogens with two attached hydrogens (primary N) is 1. The number of benzene rings is 1. The third-order valence-electron chi connectivity index (χ3n) is 1.54. The number of aryl methyl sites for hydroxylation is 1. The van der Waals surface area contributed by atoms with Crippen LogP contribution in [0.1, 0.15) is 11.1 Å². The lowest BCUT2D eigenvalue weighted by molar-refractivity contribution is -0.131. The number of rotatable bonds is 2. The minimum Gasteiger partial charge on any atom is -0.478 e. The summed E-state index contributed by atoms with van der Waals surface area (Å²) in [4.78, 5) is 10.2. The van der Waals surface area contributed by atoms with Gasteiger partial charge in [-0.15, -0.1) is 0 Å². The third kappa shape index (κ3) is 2.99. The number of anilines is 1. The maximum absolute atomic E-state index is 10.2. The summed E-state index contributed by atoms with van der Waals surface area (Å²) < 4.78 is 0. The van der Waals surface area contributed by atoms with E-state index in [4.69, 9.17) is 10.8 Å². The molecule has 1 rings (SSSR count). The lowest BCUT2D eigenvalue weighted by atomic mass is 10.1. The minimum absolute atomic E-state index is 0.644. The number of carboxylic acids is 1. The number of aliphatic carboxylic acids is 1. The Labute approximate surface area is 76.5 Å². The first-order valence-corrected chi connectivity index (χ1v) is 3.86. The normalized spacial score (nSPS) is 10.5. The molecule has 3 nitrogen and oxygen atoms in total. The zero-order chi connectivity index (χ0) is 9.84. The molecule has 68 valence electrons. The molecule has 3 N–H and O–H groups in total. The highest BCUT2D eigenvalue weighted by atomic mass is 16.4.